The quantitative estimate of drug-likeness (QED) is 0.323. The fourth-order valence-electron chi connectivity index (χ4n) is 1.25. The van der Waals surface area contributed by atoms with Crippen molar-refractivity contribution in [2.75, 3.05) is 6.61 Å². The van der Waals surface area contributed by atoms with E-state index in [1.54, 1.807) is 0 Å². The Labute approximate surface area is 105 Å². The van der Waals surface area contributed by atoms with Gasteiger partial charge in [-0.05, 0) is 30.2 Å². The number of carbonyl (C=O) groups is 1. The molecule has 0 aliphatic heterocycles. The number of aromatic hydroxyl groups is 3. The van der Waals surface area contributed by atoms with Crippen LogP contribution in [0.15, 0.2) is 18.2 Å². The Morgan fingerprint density at radius 1 is 1.28 bits per heavy atom. The number of esters is 1. The van der Waals surface area contributed by atoms with Crippen LogP contribution in [0.1, 0.15) is 25.3 Å². The highest BCUT2D eigenvalue weighted by Crippen LogP contribution is 2.35. The van der Waals surface area contributed by atoms with Gasteiger partial charge in [0.1, 0.15) is 0 Å². The minimum Gasteiger partial charge on any atom is -0.504 e. The number of phenolic OH excluding ortho intramolecular Hbond substituents is 3. The van der Waals surface area contributed by atoms with Crippen LogP contribution in [-0.4, -0.2) is 27.9 Å². The van der Waals surface area contributed by atoms with Crippen LogP contribution in [0.2, 0.25) is 0 Å². The van der Waals surface area contributed by atoms with Crippen LogP contribution < -0.4 is 0 Å². The van der Waals surface area contributed by atoms with E-state index < -0.39 is 23.2 Å². The van der Waals surface area contributed by atoms with Gasteiger partial charge in [0.05, 0.1) is 6.61 Å². The number of rotatable bonds is 5. The molecule has 0 spiro atoms. The highest BCUT2D eigenvalue weighted by atomic mass is 16.5. The van der Waals surface area contributed by atoms with E-state index in [2.05, 4.69) is 0 Å². The lowest BCUT2D eigenvalue weighted by Crippen LogP contribution is -2.01. The van der Waals surface area contributed by atoms with Crippen LogP contribution in [-0.2, 0) is 9.53 Å². The number of unbranched alkanes of at least 4 members (excludes halogenated alkanes) is 1. The van der Waals surface area contributed by atoms with Crippen molar-refractivity contribution < 1.29 is 24.9 Å². The molecule has 1 rings (SSSR count). The van der Waals surface area contributed by atoms with Crippen LogP contribution in [0.25, 0.3) is 6.08 Å². The zero-order valence-electron chi connectivity index (χ0n) is 10.1. The van der Waals surface area contributed by atoms with E-state index in [-0.39, 0.29) is 0 Å². The van der Waals surface area contributed by atoms with Crippen LogP contribution in [0.5, 0.6) is 17.2 Å². The molecule has 5 nitrogen and oxygen atoms in total. The average Bonchev–Trinajstić information content (AvgIpc) is 2.33. The van der Waals surface area contributed by atoms with E-state index in [1.807, 2.05) is 6.92 Å². The summed E-state index contributed by atoms with van der Waals surface area (Å²) in [5.74, 6) is -1.98. The lowest BCUT2D eigenvalue weighted by Gasteiger charge is -2.02. The Balaban J connectivity index is 2.64. The smallest absolute Gasteiger partial charge is 0.330 e. The largest absolute Gasteiger partial charge is 0.504 e. The van der Waals surface area contributed by atoms with Crippen molar-refractivity contribution in [1.82, 2.24) is 0 Å². The average molecular weight is 252 g/mol. The summed E-state index contributed by atoms with van der Waals surface area (Å²) in [6, 6.07) is 2.45. The fraction of sp³-hybridized carbons (Fsp3) is 0.308. The third-order valence-corrected chi connectivity index (χ3v) is 2.25. The van der Waals surface area contributed by atoms with Gasteiger partial charge in [-0.1, -0.05) is 13.3 Å². The van der Waals surface area contributed by atoms with Gasteiger partial charge >= 0.3 is 5.97 Å². The third-order valence-electron chi connectivity index (χ3n) is 2.25. The Morgan fingerprint density at radius 2 is 1.89 bits per heavy atom. The van der Waals surface area contributed by atoms with Gasteiger partial charge in [-0.2, -0.15) is 0 Å². The molecule has 98 valence electrons. The predicted molar refractivity (Wildman–Crippen MR) is 66.3 cm³/mol. The monoisotopic (exact) mass is 252 g/mol. The molecule has 0 saturated carbocycles. The maximum absolute atomic E-state index is 11.2. The minimum atomic E-state index is -0.585. The Kier molecular flexibility index (Phi) is 5.05. The fourth-order valence-corrected chi connectivity index (χ4v) is 1.25. The van der Waals surface area contributed by atoms with Crippen molar-refractivity contribution in [1.29, 1.82) is 0 Å². The molecular formula is C13H16O5. The SMILES string of the molecule is CCCCOC(=O)/C=C/c1cc(O)c(O)c(O)c1. The molecule has 1 aromatic carbocycles. The van der Waals surface area contributed by atoms with Crippen molar-refractivity contribution in [2.24, 2.45) is 0 Å². The Morgan fingerprint density at radius 3 is 2.44 bits per heavy atom. The first-order valence-corrected chi connectivity index (χ1v) is 5.64. The van der Waals surface area contributed by atoms with E-state index in [1.165, 1.54) is 24.3 Å². The van der Waals surface area contributed by atoms with E-state index in [0.29, 0.717) is 12.2 Å². The summed E-state index contributed by atoms with van der Waals surface area (Å²) in [6.45, 7) is 2.36. The van der Waals surface area contributed by atoms with Crippen LogP contribution >= 0.6 is 0 Å². The summed E-state index contributed by atoms with van der Waals surface area (Å²) in [5.41, 5.74) is 0.384. The topological polar surface area (TPSA) is 87.0 Å². The number of hydrogen-bond donors (Lipinski definition) is 3. The van der Waals surface area contributed by atoms with Gasteiger partial charge in [-0.3, -0.25) is 0 Å². The lowest BCUT2D eigenvalue weighted by molar-refractivity contribution is -0.137. The molecule has 1 aromatic rings. The molecule has 5 heteroatoms. The summed E-state index contributed by atoms with van der Waals surface area (Å²) in [7, 11) is 0. The molecule has 0 aliphatic carbocycles. The van der Waals surface area contributed by atoms with E-state index in [9.17, 15) is 15.0 Å². The van der Waals surface area contributed by atoms with Crippen molar-refractivity contribution in [3.05, 3.63) is 23.8 Å². The molecule has 0 atom stereocenters. The number of hydrogen-bond acceptors (Lipinski definition) is 5. The van der Waals surface area contributed by atoms with Gasteiger partial charge in [0.2, 0.25) is 0 Å². The van der Waals surface area contributed by atoms with Crippen LogP contribution in [0.4, 0.5) is 0 Å². The number of carbonyl (C=O) groups excluding carboxylic acids is 1. The van der Waals surface area contributed by atoms with Gasteiger partial charge in [-0.15, -0.1) is 0 Å². The van der Waals surface area contributed by atoms with Gasteiger partial charge in [0, 0.05) is 6.08 Å². The van der Waals surface area contributed by atoms with E-state index in [0.717, 1.165) is 12.8 Å². The number of ether oxygens (including phenoxy) is 1. The predicted octanol–water partition coefficient (Wildman–Crippen LogP) is 2.16. The summed E-state index contributed by atoms with van der Waals surface area (Å²) in [5, 5.41) is 27.7. The van der Waals surface area contributed by atoms with Gasteiger partial charge in [0.25, 0.3) is 0 Å². The van der Waals surface area contributed by atoms with E-state index in [4.69, 9.17) is 9.84 Å². The molecule has 0 aliphatic rings. The molecule has 18 heavy (non-hydrogen) atoms. The van der Waals surface area contributed by atoms with Crippen molar-refractivity contribution in [3.63, 3.8) is 0 Å². The van der Waals surface area contributed by atoms with Gasteiger partial charge in [0.15, 0.2) is 17.2 Å². The summed E-state index contributed by atoms with van der Waals surface area (Å²) in [4.78, 5) is 11.2. The maximum atomic E-state index is 11.2. The normalized spacial score (nSPS) is 10.7. The van der Waals surface area contributed by atoms with Crippen molar-refractivity contribution >= 4 is 12.0 Å². The van der Waals surface area contributed by atoms with Gasteiger partial charge in [-0.25, -0.2) is 4.79 Å². The standard InChI is InChI=1S/C13H16O5/c1-2-3-6-18-12(16)5-4-9-7-10(14)13(17)11(15)8-9/h4-5,7-8,14-15,17H,2-3,6H2,1H3/b5-4+. The third kappa shape index (κ3) is 4.01. The molecule has 0 bridgehead atoms. The first-order valence-electron chi connectivity index (χ1n) is 5.64. The summed E-state index contributed by atoms with van der Waals surface area (Å²) in [6.07, 6.45) is 4.32. The first-order chi connectivity index (χ1) is 8.54. The minimum absolute atomic E-state index is 0.367. The van der Waals surface area contributed by atoms with E-state index >= 15 is 0 Å². The highest BCUT2D eigenvalue weighted by Gasteiger charge is 2.06. The zero-order valence-corrected chi connectivity index (χ0v) is 10.1. The lowest BCUT2D eigenvalue weighted by atomic mass is 10.1. The molecule has 0 radical (unpaired) electrons. The van der Waals surface area contributed by atoms with Crippen molar-refractivity contribution in [3.8, 4) is 17.2 Å². The summed E-state index contributed by atoms with van der Waals surface area (Å²) < 4.78 is 4.89. The van der Waals surface area contributed by atoms with Crippen LogP contribution in [0.3, 0.4) is 0 Å². The maximum Gasteiger partial charge on any atom is 0.330 e. The second-order valence-corrected chi connectivity index (χ2v) is 3.76. The molecule has 0 unspecified atom stereocenters. The first kappa shape index (κ1) is 13.9. The Bertz CT molecular complexity index is 428. The molecule has 0 heterocycles. The Hall–Kier alpha value is -2.17. The summed E-state index contributed by atoms with van der Waals surface area (Å²) >= 11 is 0. The zero-order chi connectivity index (χ0) is 13.5. The van der Waals surface area contributed by atoms with Crippen molar-refractivity contribution in [2.45, 2.75) is 19.8 Å². The highest BCUT2D eigenvalue weighted by molar-refractivity contribution is 5.87. The molecular weight excluding hydrogens is 236 g/mol. The number of benzene rings is 1. The molecule has 0 fully saturated rings. The molecule has 3 N–H and O–H groups in total. The number of phenols is 3. The molecule has 0 saturated heterocycles. The second-order valence-electron chi connectivity index (χ2n) is 3.76. The molecule has 0 amide bonds. The second kappa shape index (κ2) is 6.54. The van der Waals surface area contributed by atoms with Crippen LogP contribution in [0, 0.1) is 0 Å². The van der Waals surface area contributed by atoms with Gasteiger partial charge < -0.3 is 20.1 Å². The molecule has 0 aromatic heterocycles.